The van der Waals surface area contributed by atoms with E-state index < -0.39 is 0 Å². The van der Waals surface area contributed by atoms with Gasteiger partial charge in [0.1, 0.15) is 11.2 Å². The van der Waals surface area contributed by atoms with E-state index in [0.29, 0.717) is 17.5 Å². The lowest BCUT2D eigenvalue weighted by Gasteiger charge is -2.12. The Morgan fingerprint density at radius 2 is 0.870 bits per heavy atom. The lowest BCUT2D eigenvalue weighted by Crippen LogP contribution is -2.00. The molecule has 0 N–H and O–H groups in total. The minimum atomic E-state index is 0.572. The number of hydrogen-bond donors (Lipinski definition) is 0. The molecule has 0 unspecified atom stereocenters. The predicted molar refractivity (Wildman–Crippen MR) is 285 cm³/mol. The molecule has 0 saturated carbocycles. The summed E-state index contributed by atoms with van der Waals surface area (Å²) in [5.74, 6) is 1.77. The van der Waals surface area contributed by atoms with Crippen molar-refractivity contribution in [1.29, 1.82) is 0 Å². The van der Waals surface area contributed by atoms with Gasteiger partial charge in [0.2, 0.25) is 0 Å². The number of furan rings is 1. The second-order valence-electron chi connectivity index (χ2n) is 18.0. The maximum absolute atomic E-state index is 6.78. The third kappa shape index (κ3) is 5.76. The summed E-state index contributed by atoms with van der Waals surface area (Å²) in [6.07, 6.45) is 0. The zero-order valence-electron chi connectivity index (χ0n) is 37.0. The van der Waals surface area contributed by atoms with Crippen LogP contribution in [-0.4, -0.2) is 24.1 Å². The van der Waals surface area contributed by atoms with Crippen molar-refractivity contribution >= 4 is 97.9 Å². The van der Waals surface area contributed by atoms with Crippen LogP contribution in [0.25, 0.3) is 143 Å². The minimum absolute atomic E-state index is 0.572. The summed E-state index contributed by atoms with van der Waals surface area (Å²) in [5.41, 5.74) is 11.1. The molecule has 15 aromatic rings. The highest BCUT2D eigenvalue weighted by Gasteiger charge is 2.21. The van der Waals surface area contributed by atoms with Crippen molar-refractivity contribution < 1.29 is 4.42 Å². The van der Waals surface area contributed by atoms with Crippen molar-refractivity contribution in [2.45, 2.75) is 0 Å². The molecule has 0 saturated heterocycles. The van der Waals surface area contributed by atoms with Crippen molar-refractivity contribution in [2.24, 2.45) is 0 Å². The second kappa shape index (κ2) is 14.6. The van der Waals surface area contributed by atoms with E-state index in [-0.39, 0.29) is 0 Å². The summed E-state index contributed by atoms with van der Waals surface area (Å²) in [5, 5.41) is 14.1. The first-order chi connectivity index (χ1) is 34.2. The van der Waals surface area contributed by atoms with E-state index in [1.54, 1.807) is 0 Å². The van der Waals surface area contributed by atoms with E-state index >= 15 is 0 Å². The summed E-state index contributed by atoms with van der Waals surface area (Å²) in [6.45, 7) is 0. The molecule has 0 fully saturated rings. The van der Waals surface area contributed by atoms with Gasteiger partial charge in [0.25, 0.3) is 0 Å². The Kier molecular flexibility index (Phi) is 7.97. The first-order valence-corrected chi connectivity index (χ1v) is 23.3. The monoisotopic (exact) mass is 879 g/mol. The third-order valence-corrected chi connectivity index (χ3v) is 14.1. The summed E-state index contributed by atoms with van der Waals surface area (Å²) in [6, 6.07) is 79.8. The molecule has 69 heavy (non-hydrogen) atoms. The molecule has 320 valence electrons. The third-order valence-electron chi connectivity index (χ3n) is 14.1. The number of nitrogens with zero attached hydrogens (tertiary/aromatic N) is 5. The number of para-hydroxylation sites is 2. The number of fused-ring (bicyclic) bond motifs is 14. The average Bonchev–Trinajstić information content (AvgIpc) is 4.07. The van der Waals surface area contributed by atoms with Gasteiger partial charge in [-0.05, 0) is 93.7 Å². The predicted octanol–water partition coefficient (Wildman–Crippen LogP) is 16.4. The first kappa shape index (κ1) is 37.8. The summed E-state index contributed by atoms with van der Waals surface area (Å²) < 4.78 is 11.6. The Balaban J connectivity index is 0.909. The maximum Gasteiger partial charge on any atom is 0.164 e. The Morgan fingerprint density at radius 3 is 1.68 bits per heavy atom. The SMILES string of the molecule is c1ccc(-c2nc(-c3ccc4c(c3)oc3ccc5ccc(-n6c7cc8ccccc8cc7c7ccc8ccccc8c76)cc5c34)nc(-c3ccc4c5ccccc5n(-c5ccccc5)c4c3)n2)cc1. The highest BCUT2D eigenvalue weighted by atomic mass is 16.3. The molecule has 0 spiro atoms. The van der Waals surface area contributed by atoms with E-state index in [0.717, 1.165) is 71.8 Å². The molecule has 0 aliphatic carbocycles. The van der Waals surface area contributed by atoms with Crippen molar-refractivity contribution in [2.75, 3.05) is 0 Å². The standard InChI is InChI=1S/C63H37N5O/c1-3-14-40(15-4-1)61-64-62(43-25-29-49-48-21-11-12-22-54(48)67(55(49)35-43)45-18-5-2-6-19-45)66-63(65-61)44-26-31-51-58(36-44)69-57-32-27-39-23-28-46(37-52(39)59(51)57)68-56-34-42-17-8-7-16-41(42)33-53(56)50-30-24-38-13-9-10-20-47(38)60(50)68/h1-37H. The van der Waals surface area contributed by atoms with Crippen LogP contribution in [0, 0.1) is 0 Å². The molecular weight excluding hydrogens is 843 g/mol. The van der Waals surface area contributed by atoms with E-state index in [1.165, 1.54) is 54.1 Å². The largest absolute Gasteiger partial charge is 0.456 e. The minimum Gasteiger partial charge on any atom is -0.456 e. The van der Waals surface area contributed by atoms with Crippen LogP contribution < -0.4 is 0 Å². The molecule has 0 aliphatic heterocycles. The van der Waals surface area contributed by atoms with Gasteiger partial charge in [-0.15, -0.1) is 0 Å². The van der Waals surface area contributed by atoms with Crippen LogP contribution in [0.5, 0.6) is 0 Å². The van der Waals surface area contributed by atoms with Crippen LogP contribution in [0.15, 0.2) is 229 Å². The van der Waals surface area contributed by atoms with Crippen LogP contribution >= 0.6 is 0 Å². The van der Waals surface area contributed by atoms with Crippen LogP contribution in [-0.2, 0) is 0 Å². The Morgan fingerprint density at radius 1 is 0.290 bits per heavy atom. The van der Waals surface area contributed by atoms with Gasteiger partial charge in [-0.3, -0.25) is 0 Å². The fourth-order valence-electron chi connectivity index (χ4n) is 10.9. The van der Waals surface area contributed by atoms with E-state index in [2.05, 4.69) is 203 Å². The summed E-state index contributed by atoms with van der Waals surface area (Å²) >= 11 is 0. The van der Waals surface area contributed by atoms with Crippen LogP contribution in [0.3, 0.4) is 0 Å². The molecule has 6 nitrogen and oxygen atoms in total. The molecule has 0 radical (unpaired) electrons. The number of hydrogen-bond acceptors (Lipinski definition) is 4. The molecule has 4 heterocycles. The molecular formula is C63H37N5O. The van der Waals surface area contributed by atoms with Gasteiger partial charge in [0.05, 0.1) is 22.1 Å². The second-order valence-corrected chi connectivity index (χ2v) is 18.0. The topological polar surface area (TPSA) is 61.7 Å². The molecule has 4 aromatic heterocycles. The fraction of sp³-hybridized carbons (Fsp3) is 0. The van der Waals surface area contributed by atoms with Gasteiger partial charge in [-0.1, -0.05) is 158 Å². The first-order valence-electron chi connectivity index (χ1n) is 23.3. The highest BCUT2D eigenvalue weighted by Crippen LogP contribution is 2.42. The van der Waals surface area contributed by atoms with Gasteiger partial charge >= 0.3 is 0 Å². The van der Waals surface area contributed by atoms with Gasteiger partial charge in [0.15, 0.2) is 17.5 Å². The molecule has 0 amide bonds. The molecule has 11 aromatic carbocycles. The normalized spacial score (nSPS) is 12.1. The van der Waals surface area contributed by atoms with Crippen molar-refractivity contribution in [3.8, 4) is 45.5 Å². The zero-order chi connectivity index (χ0) is 45.2. The summed E-state index contributed by atoms with van der Waals surface area (Å²) in [4.78, 5) is 15.5. The van der Waals surface area contributed by atoms with Gasteiger partial charge in [0, 0.05) is 65.8 Å². The van der Waals surface area contributed by atoms with E-state index in [9.17, 15) is 0 Å². The highest BCUT2D eigenvalue weighted by molar-refractivity contribution is 6.22. The molecule has 0 bridgehead atoms. The van der Waals surface area contributed by atoms with Crippen molar-refractivity contribution in [3.63, 3.8) is 0 Å². The number of rotatable bonds is 5. The van der Waals surface area contributed by atoms with Crippen molar-refractivity contribution in [3.05, 3.63) is 224 Å². The molecule has 6 heteroatoms. The van der Waals surface area contributed by atoms with Gasteiger partial charge in [-0.25, -0.2) is 15.0 Å². The smallest absolute Gasteiger partial charge is 0.164 e. The van der Waals surface area contributed by atoms with Gasteiger partial charge in [-0.2, -0.15) is 0 Å². The summed E-state index contributed by atoms with van der Waals surface area (Å²) in [7, 11) is 0. The average molecular weight is 880 g/mol. The molecule has 0 atom stereocenters. The lowest BCUT2D eigenvalue weighted by atomic mass is 10.0. The maximum atomic E-state index is 6.78. The number of benzene rings is 11. The quantitative estimate of drug-likeness (QED) is 0.173. The van der Waals surface area contributed by atoms with E-state index in [4.69, 9.17) is 19.4 Å². The Bertz CT molecular complexity index is 4600. The van der Waals surface area contributed by atoms with Crippen LogP contribution in [0.1, 0.15) is 0 Å². The van der Waals surface area contributed by atoms with E-state index in [1.807, 2.05) is 30.3 Å². The molecule has 15 rings (SSSR count). The van der Waals surface area contributed by atoms with Crippen LogP contribution in [0.2, 0.25) is 0 Å². The molecule has 0 aliphatic rings. The van der Waals surface area contributed by atoms with Crippen molar-refractivity contribution in [1.82, 2.24) is 24.1 Å². The van der Waals surface area contributed by atoms with Gasteiger partial charge < -0.3 is 13.6 Å². The zero-order valence-corrected chi connectivity index (χ0v) is 37.0. The number of aromatic nitrogens is 5. The Labute approximate surface area is 394 Å². The fourth-order valence-corrected chi connectivity index (χ4v) is 10.9. The Hall–Kier alpha value is -9.39. The lowest BCUT2D eigenvalue weighted by molar-refractivity contribution is 0.669. The van der Waals surface area contributed by atoms with Crippen LogP contribution in [0.4, 0.5) is 0 Å².